The van der Waals surface area contributed by atoms with E-state index in [0.29, 0.717) is 17.1 Å². The quantitative estimate of drug-likeness (QED) is 0.666. The molecule has 0 aliphatic carbocycles. The van der Waals surface area contributed by atoms with E-state index < -0.39 is 0 Å². The molecule has 0 saturated carbocycles. The van der Waals surface area contributed by atoms with Crippen LogP contribution in [0.4, 0.5) is 5.69 Å². The number of carbonyl (C=O) groups is 2. The zero-order valence-electron chi connectivity index (χ0n) is 9.74. The lowest BCUT2D eigenvalue weighted by Crippen LogP contribution is -2.28. The summed E-state index contributed by atoms with van der Waals surface area (Å²) < 4.78 is 5.17. The van der Waals surface area contributed by atoms with Crippen molar-refractivity contribution in [3.63, 3.8) is 0 Å². The van der Waals surface area contributed by atoms with Gasteiger partial charge in [-0.05, 0) is 24.3 Å². The maximum absolute atomic E-state index is 11.6. The Balaban J connectivity index is 1.91. The van der Waals surface area contributed by atoms with Crippen molar-refractivity contribution in [1.29, 1.82) is 0 Å². The van der Waals surface area contributed by atoms with E-state index in [4.69, 9.17) is 4.42 Å². The maximum atomic E-state index is 11.6. The summed E-state index contributed by atoms with van der Waals surface area (Å²) in [5.74, 6) is -0.00278. The Morgan fingerprint density at radius 2 is 1.68 bits per heavy atom. The summed E-state index contributed by atoms with van der Waals surface area (Å²) in [6, 6.07) is 6.79. The summed E-state index contributed by atoms with van der Waals surface area (Å²) in [6.45, 7) is 0. The fourth-order valence-corrected chi connectivity index (χ4v) is 2.08. The number of anilines is 1. The average molecular weight is 275 g/mol. The molecule has 19 heavy (non-hydrogen) atoms. The smallest absolute Gasteiger partial charge is 0.273 e. The molecule has 2 amide bonds. The monoisotopic (exact) mass is 275 g/mol. The second-order valence-corrected chi connectivity index (χ2v) is 4.44. The van der Waals surface area contributed by atoms with E-state index in [1.807, 2.05) is 0 Å². The summed E-state index contributed by atoms with van der Waals surface area (Å²) in [6.07, 6.45) is 0.542. The van der Waals surface area contributed by atoms with Crippen LogP contribution in [-0.2, 0) is 9.59 Å². The highest BCUT2D eigenvalue weighted by molar-refractivity contribution is 7.80. The number of amides is 2. The van der Waals surface area contributed by atoms with Crippen LogP contribution in [0.2, 0.25) is 0 Å². The van der Waals surface area contributed by atoms with Gasteiger partial charge >= 0.3 is 0 Å². The van der Waals surface area contributed by atoms with Gasteiger partial charge in [-0.2, -0.15) is 0 Å². The molecule has 1 saturated heterocycles. The number of rotatable bonds is 2. The fourth-order valence-electron chi connectivity index (χ4n) is 1.95. The van der Waals surface area contributed by atoms with Gasteiger partial charge in [0.25, 0.3) is 5.22 Å². The van der Waals surface area contributed by atoms with E-state index >= 15 is 0 Å². The molecule has 1 aliphatic rings. The highest BCUT2D eigenvalue weighted by atomic mass is 32.1. The molecular weight excluding hydrogens is 266 g/mol. The first-order chi connectivity index (χ1) is 9.15. The summed E-state index contributed by atoms with van der Waals surface area (Å²) in [5.41, 5.74) is 1.26. The Kier molecular flexibility index (Phi) is 2.83. The van der Waals surface area contributed by atoms with Gasteiger partial charge < -0.3 is 4.42 Å². The Hall–Kier alpha value is -2.15. The number of thiol groups is 1. The van der Waals surface area contributed by atoms with Crippen LogP contribution in [0.1, 0.15) is 12.8 Å². The number of benzene rings is 1. The molecule has 3 rings (SSSR count). The van der Waals surface area contributed by atoms with Crippen molar-refractivity contribution < 1.29 is 14.0 Å². The van der Waals surface area contributed by atoms with Crippen LogP contribution in [0.25, 0.3) is 11.5 Å². The molecule has 0 N–H and O–H groups in total. The highest BCUT2D eigenvalue weighted by Crippen LogP contribution is 2.26. The Morgan fingerprint density at radius 1 is 1.05 bits per heavy atom. The largest absolute Gasteiger partial charge is 0.411 e. The first-order valence-corrected chi connectivity index (χ1v) is 6.08. The van der Waals surface area contributed by atoms with E-state index in [0.717, 1.165) is 0 Å². The molecule has 0 unspecified atom stereocenters. The first kappa shape index (κ1) is 11.9. The minimum Gasteiger partial charge on any atom is -0.411 e. The van der Waals surface area contributed by atoms with Gasteiger partial charge in [0, 0.05) is 18.4 Å². The summed E-state index contributed by atoms with van der Waals surface area (Å²) in [5, 5.41) is 7.63. The predicted molar refractivity (Wildman–Crippen MR) is 68.7 cm³/mol. The van der Waals surface area contributed by atoms with E-state index in [1.165, 1.54) is 4.90 Å². The summed E-state index contributed by atoms with van der Waals surface area (Å²) in [4.78, 5) is 24.4. The zero-order valence-corrected chi connectivity index (χ0v) is 10.6. The molecule has 0 spiro atoms. The number of nitrogens with zero attached hydrogens (tertiary/aromatic N) is 3. The lowest BCUT2D eigenvalue weighted by Gasteiger charge is -2.13. The topological polar surface area (TPSA) is 76.3 Å². The van der Waals surface area contributed by atoms with Crippen LogP contribution in [0.15, 0.2) is 33.9 Å². The third-order valence-electron chi connectivity index (χ3n) is 2.84. The van der Waals surface area contributed by atoms with E-state index in [2.05, 4.69) is 22.8 Å². The van der Waals surface area contributed by atoms with Gasteiger partial charge in [-0.3, -0.25) is 14.5 Å². The molecule has 1 aromatic heterocycles. The van der Waals surface area contributed by atoms with Gasteiger partial charge in [0.2, 0.25) is 17.7 Å². The first-order valence-electron chi connectivity index (χ1n) is 5.64. The minimum absolute atomic E-state index is 0.173. The molecule has 0 bridgehead atoms. The van der Waals surface area contributed by atoms with Crippen LogP contribution in [0, 0.1) is 0 Å². The van der Waals surface area contributed by atoms with Crippen molar-refractivity contribution >= 4 is 30.1 Å². The SMILES string of the molecule is O=C1CCC(=O)N1c1ccc(-c2nnc(S)o2)cc1. The van der Waals surface area contributed by atoms with Crippen LogP contribution in [0.3, 0.4) is 0 Å². The Labute approximate surface area is 113 Å². The van der Waals surface area contributed by atoms with Gasteiger partial charge in [-0.25, -0.2) is 0 Å². The van der Waals surface area contributed by atoms with Crippen LogP contribution >= 0.6 is 12.6 Å². The molecule has 96 valence electrons. The third kappa shape index (κ3) is 2.12. The summed E-state index contributed by atoms with van der Waals surface area (Å²) in [7, 11) is 0. The van der Waals surface area contributed by atoms with E-state index in [-0.39, 0.29) is 29.9 Å². The average Bonchev–Trinajstić information content (AvgIpc) is 2.97. The normalized spacial score (nSPS) is 15.3. The molecule has 1 aliphatic heterocycles. The zero-order chi connectivity index (χ0) is 13.4. The van der Waals surface area contributed by atoms with Crippen molar-refractivity contribution in [2.45, 2.75) is 18.1 Å². The van der Waals surface area contributed by atoms with Crippen LogP contribution in [0.5, 0.6) is 0 Å². The van der Waals surface area contributed by atoms with Gasteiger partial charge in [-0.1, -0.05) is 12.6 Å². The second-order valence-electron chi connectivity index (χ2n) is 4.06. The molecule has 7 heteroatoms. The molecule has 0 radical (unpaired) electrons. The molecule has 2 heterocycles. The molecule has 1 fully saturated rings. The number of imide groups is 1. The molecule has 1 aromatic carbocycles. The molecule has 2 aromatic rings. The van der Waals surface area contributed by atoms with Crippen molar-refractivity contribution in [3.05, 3.63) is 24.3 Å². The molecular formula is C12H9N3O3S. The number of hydrogen-bond acceptors (Lipinski definition) is 6. The minimum atomic E-state index is -0.173. The van der Waals surface area contributed by atoms with E-state index in [9.17, 15) is 9.59 Å². The Morgan fingerprint density at radius 3 is 2.21 bits per heavy atom. The number of aromatic nitrogens is 2. The van der Waals surface area contributed by atoms with E-state index in [1.54, 1.807) is 24.3 Å². The third-order valence-corrected chi connectivity index (χ3v) is 3.02. The van der Waals surface area contributed by atoms with Crippen LogP contribution in [-0.4, -0.2) is 22.0 Å². The van der Waals surface area contributed by atoms with Crippen molar-refractivity contribution in [2.75, 3.05) is 4.90 Å². The predicted octanol–water partition coefficient (Wildman–Crippen LogP) is 1.68. The lowest BCUT2D eigenvalue weighted by molar-refractivity contribution is -0.121. The van der Waals surface area contributed by atoms with Gasteiger partial charge in [0.15, 0.2) is 0 Å². The molecule has 6 nitrogen and oxygen atoms in total. The summed E-state index contributed by atoms with van der Waals surface area (Å²) >= 11 is 3.93. The number of carbonyl (C=O) groups excluding carboxylic acids is 2. The van der Waals surface area contributed by atoms with Gasteiger partial charge in [-0.15, -0.1) is 10.2 Å². The van der Waals surface area contributed by atoms with Gasteiger partial charge in [0.1, 0.15) is 0 Å². The Bertz CT molecular complexity index is 634. The van der Waals surface area contributed by atoms with Crippen molar-refractivity contribution in [2.24, 2.45) is 0 Å². The van der Waals surface area contributed by atoms with Crippen LogP contribution < -0.4 is 4.90 Å². The van der Waals surface area contributed by atoms with Crippen molar-refractivity contribution in [1.82, 2.24) is 10.2 Å². The van der Waals surface area contributed by atoms with Crippen molar-refractivity contribution in [3.8, 4) is 11.5 Å². The maximum Gasteiger partial charge on any atom is 0.273 e. The standard InChI is InChI=1S/C12H9N3O3S/c16-9-5-6-10(17)15(9)8-3-1-7(2-4-8)11-13-14-12(19)18-11/h1-4H,5-6H2,(H,14,19). The number of hydrogen-bond donors (Lipinski definition) is 1. The van der Waals surface area contributed by atoms with Gasteiger partial charge in [0.05, 0.1) is 5.69 Å². The highest BCUT2D eigenvalue weighted by Gasteiger charge is 2.30. The second kappa shape index (κ2) is 4.51. The fraction of sp³-hybridized carbons (Fsp3) is 0.167. The molecule has 0 atom stereocenters. The lowest BCUT2D eigenvalue weighted by atomic mass is 10.2.